The molecule has 2 atom stereocenters. The molecular weight excluding hydrogens is 595 g/mol. The van der Waals surface area contributed by atoms with E-state index in [4.69, 9.17) is 0 Å². The number of halogens is 1. The van der Waals surface area contributed by atoms with Crippen LogP contribution in [0, 0.1) is 5.92 Å². The van der Waals surface area contributed by atoms with Crippen LogP contribution in [0.15, 0.2) is 48.7 Å². The fraction of sp³-hybridized carbons (Fsp3) is 0.321. The molecule has 1 aromatic carbocycles. The Hall–Kier alpha value is -3.54. The lowest BCUT2D eigenvalue weighted by Crippen LogP contribution is -2.47. The zero-order chi connectivity index (χ0) is 26.8. The Kier molecular flexibility index (Phi) is 7.59. The van der Waals surface area contributed by atoms with Gasteiger partial charge in [0.05, 0.1) is 36.0 Å². The first-order chi connectivity index (χ1) is 18.4. The summed E-state index contributed by atoms with van der Waals surface area (Å²) >= 11 is -0.190. The number of H-pyrrole nitrogens is 1. The maximum atomic E-state index is 13.5. The minimum atomic E-state index is -0.190. The van der Waals surface area contributed by atoms with Crippen molar-refractivity contribution in [3.8, 4) is 11.3 Å². The third-order valence-electron chi connectivity index (χ3n) is 6.93. The molecule has 3 N–H and O–H groups in total. The molecule has 9 nitrogen and oxygen atoms in total. The van der Waals surface area contributed by atoms with Gasteiger partial charge in [-0.15, -0.1) is 20.7 Å². The SMILES string of the molecule is C=I[C@H]1C[C@H]1C(=O)Nc1cc(-c2[nH]c3c(c2Nc2ccccc2)C(=O)CN(C(=O)N(CC)CC)C3)ccn1. The molecule has 0 unspecified atom stereocenters. The summed E-state index contributed by atoms with van der Waals surface area (Å²) in [5.74, 6) is 0.345. The molecule has 1 aliphatic carbocycles. The molecule has 0 saturated heterocycles. The Labute approximate surface area is 231 Å². The van der Waals surface area contributed by atoms with Crippen LogP contribution in [0.4, 0.5) is 22.0 Å². The second kappa shape index (κ2) is 11.1. The molecular formula is C28H31IN6O3. The predicted octanol–water partition coefficient (Wildman–Crippen LogP) is 5.01. The number of alkyl halides is 1. The van der Waals surface area contributed by atoms with E-state index in [1.807, 2.05) is 56.3 Å². The molecule has 1 saturated carbocycles. The largest absolute Gasteiger partial charge is 0.355 e. The van der Waals surface area contributed by atoms with Gasteiger partial charge in [-0.1, -0.05) is 22.7 Å². The number of aromatic amines is 1. The van der Waals surface area contributed by atoms with Crippen LogP contribution in [0.5, 0.6) is 0 Å². The van der Waals surface area contributed by atoms with E-state index in [1.165, 1.54) is 0 Å². The molecule has 1 fully saturated rings. The van der Waals surface area contributed by atoms with Crippen molar-refractivity contribution in [1.82, 2.24) is 19.8 Å². The number of benzene rings is 1. The van der Waals surface area contributed by atoms with Crippen LogP contribution in [0.3, 0.4) is 0 Å². The van der Waals surface area contributed by atoms with E-state index in [0.717, 1.165) is 17.7 Å². The second-order valence-electron chi connectivity index (χ2n) is 9.39. The smallest absolute Gasteiger partial charge is 0.320 e. The van der Waals surface area contributed by atoms with E-state index in [-0.39, 0.29) is 50.9 Å². The van der Waals surface area contributed by atoms with Gasteiger partial charge in [0.1, 0.15) is 5.82 Å². The molecule has 2 aliphatic rings. The monoisotopic (exact) mass is 626 g/mol. The first-order valence-electron chi connectivity index (χ1n) is 12.7. The number of anilines is 3. The average molecular weight is 626 g/mol. The van der Waals surface area contributed by atoms with Gasteiger partial charge in [-0.3, -0.25) is 9.59 Å². The van der Waals surface area contributed by atoms with Crippen molar-refractivity contribution in [3.63, 3.8) is 0 Å². The summed E-state index contributed by atoms with van der Waals surface area (Å²) in [7, 11) is 0. The summed E-state index contributed by atoms with van der Waals surface area (Å²) in [6.07, 6.45) is 2.55. The summed E-state index contributed by atoms with van der Waals surface area (Å²) in [6, 6.07) is 13.1. The molecule has 1 aliphatic heterocycles. The number of amides is 3. The molecule has 0 radical (unpaired) electrons. The van der Waals surface area contributed by atoms with Crippen molar-refractivity contribution in [1.29, 1.82) is 0 Å². The molecule has 2 aromatic heterocycles. The average Bonchev–Trinajstić information content (AvgIpc) is 3.64. The molecule has 5 rings (SSSR count). The Morgan fingerprint density at radius 2 is 1.95 bits per heavy atom. The zero-order valence-electron chi connectivity index (χ0n) is 21.5. The molecule has 3 heterocycles. The number of fused-ring (bicyclic) bond motifs is 1. The van der Waals surface area contributed by atoms with E-state index in [0.29, 0.717) is 52.0 Å². The van der Waals surface area contributed by atoms with Crippen LogP contribution in [0.25, 0.3) is 11.3 Å². The Morgan fingerprint density at radius 3 is 2.63 bits per heavy atom. The highest BCUT2D eigenvalue weighted by molar-refractivity contribution is 14.2. The molecule has 10 heteroatoms. The van der Waals surface area contributed by atoms with Crippen molar-refractivity contribution < 1.29 is 14.4 Å². The standard InChI is InChI=1S/C28H31IN6O3/c1-4-34(5-2)28(38)35-15-21-24(22(36)16-35)26(31-18-9-7-6-8-10-18)25(32-21)17-11-12-30-23(13-17)33-27(37)19-14-20(19)29-3/h6-13,19-20,31-32H,3-5,14-16H2,1-2H3,(H,30,33,37)/t19-,20+/m1/s1. The minimum Gasteiger partial charge on any atom is -0.355 e. The van der Waals surface area contributed by atoms with Gasteiger partial charge in [0, 0.05) is 40.2 Å². The van der Waals surface area contributed by atoms with Gasteiger partial charge in [0.2, 0.25) is 5.91 Å². The van der Waals surface area contributed by atoms with Gasteiger partial charge < -0.3 is 25.4 Å². The summed E-state index contributed by atoms with van der Waals surface area (Å²) in [5.41, 5.74) is 4.19. The van der Waals surface area contributed by atoms with E-state index in [1.54, 1.807) is 16.0 Å². The third-order valence-corrected chi connectivity index (χ3v) is 9.44. The third kappa shape index (κ3) is 5.22. The number of rotatable bonds is 8. The maximum Gasteiger partial charge on any atom is 0.320 e. The number of hydrogen-bond donors (Lipinski definition) is 3. The normalized spacial score (nSPS) is 18.1. The maximum absolute atomic E-state index is 13.5. The van der Waals surface area contributed by atoms with Gasteiger partial charge in [-0.05, 0) is 44.5 Å². The number of nitrogens with one attached hydrogen (secondary N) is 3. The van der Waals surface area contributed by atoms with Gasteiger partial charge in [-0.2, -0.15) is 0 Å². The van der Waals surface area contributed by atoms with Gasteiger partial charge >= 0.3 is 6.03 Å². The quantitative estimate of drug-likeness (QED) is 0.241. The number of ketones is 1. The Morgan fingerprint density at radius 1 is 1.18 bits per heavy atom. The lowest BCUT2D eigenvalue weighted by Gasteiger charge is -2.31. The summed E-state index contributed by atoms with van der Waals surface area (Å²) in [6.45, 7) is 5.32. The fourth-order valence-corrected chi connectivity index (χ4v) is 6.64. The highest BCUT2D eigenvalue weighted by Crippen LogP contribution is 2.42. The van der Waals surface area contributed by atoms with Crippen molar-refractivity contribution in [3.05, 3.63) is 59.9 Å². The van der Waals surface area contributed by atoms with E-state index in [2.05, 4.69) is 25.1 Å². The number of hydrogen-bond acceptors (Lipinski definition) is 5. The van der Waals surface area contributed by atoms with Crippen molar-refractivity contribution in [2.24, 2.45) is 5.92 Å². The first kappa shape index (κ1) is 26.1. The van der Waals surface area contributed by atoms with E-state index in [9.17, 15) is 14.4 Å². The molecule has 198 valence electrons. The molecule has 0 bridgehead atoms. The van der Waals surface area contributed by atoms with Crippen molar-refractivity contribution in [2.45, 2.75) is 30.7 Å². The summed E-state index contributed by atoms with van der Waals surface area (Å²) < 4.78 is 4.45. The zero-order valence-corrected chi connectivity index (χ0v) is 23.6. The van der Waals surface area contributed by atoms with Crippen LogP contribution in [0.1, 0.15) is 36.3 Å². The van der Waals surface area contributed by atoms with Gasteiger partial charge in [-0.25, -0.2) is 9.78 Å². The number of nitrogens with zero attached hydrogens (tertiary/aromatic N) is 3. The highest BCUT2D eigenvalue weighted by atomic mass is 127. The predicted molar refractivity (Wildman–Crippen MR) is 158 cm³/mol. The van der Waals surface area contributed by atoms with Gasteiger partial charge in [0.25, 0.3) is 0 Å². The number of carbonyl (C=O) groups excluding carboxylic acids is 3. The van der Waals surface area contributed by atoms with Crippen LogP contribution < -0.4 is 10.6 Å². The number of aromatic nitrogens is 2. The van der Waals surface area contributed by atoms with Crippen LogP contribution in [-0.2, 0) is 11.3 Å². The molecule has 0 spiro atoms. The number of Topliss-reactive ketones (excluding diaryl/α,β-unsaturated/α-hetero) is 1. The second-order valence-corrected chi connectivity index (χ2v) is 11.9. The summed E-state index contributed by atoms with van der Waals surface area (Å²) in [5, 5.41) is 6.37. The van der Waals surface area contributed by atoms with Crippen molar-refractivity contribution >= 4 is 60.2 Å². The van der Waals surface area contributed by atoms with Crippen molar-refractivity contribution in [2.75, 3.05) is 30.3 Å². The number of urea groups is 1. The first-order valence-corrected chi connectivity index (χ1v) is 15.5. The number of carbonyl (C=O) groups is 3. The number of pyridine rings is 1. The highest BCUT2D eigenvalue weighted by Gasteiger charge is 2.41. The topological polar surface area (TPSA) is 110 Å². The van der Waals surface area contributed by atoms with E-state index < -0.39 is 0 Å². The van der Waals surface area contributed by atoms with Crippen LogP contribution in [-0.4, -0.2) is 65.6 Å². The molecule has 3 amide bonds. The van der Waals surface area contributed by atoms with E-state index >= 15 is 0 Å². The Bertz CT molecular complexity index is 1380. The van der Waals surface area contributed by atoms with Crippen LogP contribution in [0.2, 0.25) is 0 Å². The van der Waals surface area contributed by atoms with Crippen LogP contribution >= 0.6 is 20.7 Å². The minimum absolute atomic E-state index is 0.0121. The lowest BCUT2D eigenvalue weighted by atomic mass is 10.0. The summed E-state index contributed by atoms with van der Waals surface area (Å²) in [4.78, 5) is 50.2. The molecule has 38 heavy (non-hydrogen) atoms. The van der Waals surface area contributed by atoms with Gasteiger partial charge in [0.15, 0.2) is 5.78 Å². The Balaban J connectivity index is 1.50. The molecule has 3 aromatic rings. The number of para-hydroxylation sites is 1. The lowest BCUT2D eigenvalue weighted by molar-refractivity contribution is -0.117. The fourth-order valence-electron chi connectivity index (χ4n) is 4.79.